The third-order valence-corrected chi connectivity index (χ3v) is 24.6. The number of halogens is 1. The molecule has 0 radical (unpaired) electrons. The molecule has 16 aromatic carbocycles. The lowest BCUT2D eigenvalue weighted by Crippen LogP contribution is -2.31. The average molecular weight is 1370 g/mol. The van der Waals surface area contributed by atoms with Crippen LogP contribution in [0, 0.1) is 0 Å². The van der Waals surface area contributed by atoms with Gasteiger partial charge in [0.1, 0.15) is 0 Å². The largest absolute Gasteiger partial charge is 0.489 e. The van der Waals surface area contributed by atoms with Gasteiger partial charge in [0.05, 0.1) is 10.8 Å². The van der Waals surface area contributed by atoms with Gasteiger partial charge >= 0.3 is 7.12 Å². The zero-order valence-electron chi connectivity index (χ0n) is 54.0. The first-order valence-electron chi connectivity index (χ1n) is 34.1. The monoisotopic (exact) mass is 1370 g/mol. The van der Waals surface area contributed by atoms with E-state index in [1.54, 1.807) is 0 Å². The molecular formula is C94H58BBrO2S2. The second-order valence-electron chi connectivity index (χ2n) is 26.6. The number of rotatable bonds is 4. The van der Waals surface area contributed by atoms with Gasteiger partial charge in [0.2, 0.25) is 0 Å². The van der Waals surface area contributed by atoms with Crippen molar-refractivity contribution in [2.75, 3.05) is 0 Å². The highest BCUT2D eigenvalue weighted by atomic mass is 79.9. The van der Waals surface area contributed by atoms with Crippen LogP contribution in [0.15, 0.2) is 344 Å². The molecule has 2 aromatic heterocycles. The molecule has 4 aliphatic rings. The van der Waals surface area contributed by atoms with Gasteiger partial charge in [-0.2, -0.15) is 0 Å². The lowest BCUT2D eigenvalue weighted by Gasteiger charge is -2.31. The fourth-order valence-corrected chi connectivity index (χ4v) is 21.0. The van der Waals surface area contributed by atoms with Gasteiger partial charge in [-0.05, 0) is 201 Å². The number of benzene rings is 16. The Hall–Kier alpha value is -11.1. The smallest absolute Gasteiger partial charge is 0.423 e. The topological polar surface area (TPSA) is 40.5 Å². The zero-order chi connectivity index (χ0) is 66.4. The lowest BCUT2D eigenvalue weighted by atomic mass is 9.69. The zero-order valence-corrected chi connectivity index (χ0v) is 57.2. The van der Waals surface area contributed by atoms with E-state index in [2.05, 4.69) is 289 Å². The summed E-state index contributed by atoms with van der Waals surface area (Å²) >= 11 is 7.64. The Kier molecular flexibility index (Phi) is 13.6. The molecule has 22 rings (SSSR count). The summed E-state index contributed by atoms with van der Waals surface area (Å²) in [6.45, 7) is 0. The molecule has 2 atom stereocenters. The van der Waals surface area contributed by atoms with E-state index < -0.39 is 7.12 Å². The molecular weight excluding hydrogens is 1320 g/mol. The van der Waals surface area contributed by atoms with Gasteiger partial charge in [-0.1, -0.05) is 325 Å². The predicted octanol–water partition coefficient (Wildman–Crippen LogP) is 24.2. The molecule has 100 heavy (non-hydrogen) atoms. The van der Waals surface area contributed by atoms with E-state index in [-0.39, 0.29) is 10.8 Å². The second kappa shape index (κ2) is 23.0. The number of hydrogen-bond acceptors (Lipinski definition) is 4. The maximum absolute atomic E-state index is 9.94. The van der Waals surface area contributed by atoms with Gasteiger partial charge in [-0.15, -0.1) is 22.7 Å². The van der Waals surface area contributed by atoms with Gasteiger partial charge in [0, 0.05) is 23.6 Å². The number of hydrogen-bond donors (Lipinski definition) is 2. The molecule has 0 amide bonds. The van der Waals surface area contributed by atoms with Gasteiger partial charge < -0.3 is 10.0 Å². The standard InChI is InChI=1S/C47H28S.C27H15BrS.C20H15BO2/c1-2-14-29(15-3-1)43-33-17-4-6-19-35(33)44(36-20-7-5-18-34(36)43)30-26-27-32-31-16-8-11-23-39(31)47(41(32)28-30)40-24-12-9-21-37(40)46-45(47)38-22-10-13-25-42(38)48-46;28-16-13-14-18-17-7-1-4-10-21(17)27(23(18)15-16)22-11-5-2-8-19(22)26-25(27)20-9-3-6-12-24(20)29-26;22-21(23)20-17-12-6-4-10-15(17)19(14-8-2-1-3-9-14)16-11-5-7-13-18(16)20/h1-28H;1-15H;1-13,22-23H. The van der Waals surface area contributed by atoms with Crippen LogP contribution in [0.1, 0.15) is 44.5 Å². The average Bonchev–Trinajstić information content (AvgIpc) is 1.54. The quantitative estimate of drug-likeness (QED) is 0.136. The Bertz CT molecular complexity index is 6310. The predicted molar refractivity (Wildman–Crippen MR) is 427 cm³/mol. The third-order valence-electron chi connectivity index (χ3n) is 21.7. The van der Waals surface area contributed by atoms with Crippen molar-refractivity contribution in [1.29, 1.82) is 0 Å². The summed E-state index contributed by atoms with van der Waals surface area (Å²) < 4.78 is 3.85. The Labute approximate surface area is 595 Å². The van der Waals surface area contributed by atoms with Crippen molar-refractivity contribution in [1.82, 2.24) is 0 Å². The van der Waals surface area contributed by atoms with Crippen LogP contribution in [-0.2, 0) is 10.8 Å². The molecule has 0 saturated heterocycles. The first-order valence-corrected chi connectivity index (χ1v) is 36.6. The van der Waals surface area contributed by atoms with Crippen molar-refractivity contribution in [3.05, 3.63) is 389 Å². The molecule has 2 heterocycles. The molecule has 2 nitrogen and oxygen atoms in total. The molecule has 2 N–H and O–H groups in total. The van der Waals surface area contributed by atoms with Crippen molar-refractivity contribution >= 4 is 114 Å². The Morgan fingerprint density at radius 3 is 0.970 bits per heavy atom. The summed E-state index contributed by atoms with van der Waals surface area (Å²) in [5, 5.41) is 31.6. The number of thiophene rings is 2. The highest BCUT2D eigenvalue weighted by Gasteiger charge is 2.55. The second-order valence-corrected chi connectivity index (χ2v) is 29.6. The summed E-state index contributed by atoms with van der Waals surface area (Å²) in [7, 11) is -1.50. The minimum Gasteiger partial charge on any atom is -0.423 e. The molecule has 6 heteroatoms. The first-order chi connectivity index (χ1) is 49.4. The van der Waals surface area contributed by atoms with E-state index in [1.807, 2.05) is 89.4 Å². The van der Waals surface area contributed by atoms with Crippen LogP contribution in [-0.4, -0.2) is 17.2 Å². The van der Waals surface area contributed by atoms with Crippen molar-refractivity contribution in [2.24, 2.45) is 0 Å². The summed E-state index contributed by atoms with van der Waals surface area (Å²) in [4.78, 5) is 2.83. The maximum Gasteiger partial charge on any atom is 0.489 e. The van der Waals surface area contributed by atoms with Gasteiger partial charge in [-0.25, -0.2) is 0 Å². The minimum absolute atomic E-state index is 0.249. The fourth-order valence-electron chi connectivity index (χ4n) is 18.0. The normalized spacial score (nSPS) is 15.2. The molecule has 0 saturated carbocycles. The fraction of sp³-hybridized carbons (Fsp3) is 0.0213. The van der Waals surface area contributed by atoms with E-state index in [9.17, 15) is 10.0 Å². The van der Waals surface area contributed by atoms with E-state index in [0.717, 1.165) is 37.1 Å². The minimum atomic E-state index is -1.50. The summed E-state index contributed by atoms with van der Waals surface area (Å²) in [6.07, 6.45) is 0. The van der Waals surface area contributed by atoms with Crippen LogP contribution >= 0.6 is 38.6 Å². The van der Waals surface area contributed by atoms with Crippen molar-refractivity contribution in [3.8, 4) is 76.5 Å². The van der Waals surface area contributed by atoms with Crippen LogP contribution in [0.4, 0.5) is 0 Å². The van der Waals surface area contributed by atoms with Crippen LogP contribution in [0.2, 0.25) is 0 Å². The summed E-state index contributed by atoms with van der Waals surface area (Å²) in [5.41, 5.74) is 26.7. The summed E-state index contributed by atoms with van der Waals surface area (Å²) in [5.74, 6) is 0. The summed E-state index contributed by atoms with van der Waals surface area (Å²) in [6, 6.07) is 123. The Morgan fingerprint density at radius 2 is 0.550 bits per heavy atom. The van der Waals surface area contributed by atoms with Crippen molar-refractivity contribution in [2.45, 2.75) is 10.8 Å². The van der Waals surface area contributed by atoms with Crippen molar-refractivity contribution in [3.63, 3.8) is 0 Å². The Morgan fingerprint density at radius 1 is 0.250 bits per heavy atom. The highest BCUT2D eigenvalue weighted by molar-refractivity contribution is 9.10. The van der Waals surface area contributed by atoms with Crippen LogP contribution in [0.25, 0.3) is 140 Å². The van der Waals surface area contributed by atoms with Crippen LogP contribution in [0.3, 0.4) is 0 Å². The van der Waals surface area contributed by atoms with E-state index in [4.69, 9.17) is 0 Å². The van der Waals surface area contributed by atoms with E-state index >= 15 is 0 Å². The van der Waals surface area contributed by atoms with Crippen LogP contribution in [0.5, 0.6) is 0 Å². The van der Waals surface area contributed by atoms with Crippen molar-refractivity contribution < 1.29 is 10.0 Å². The lowest BCUT2D eigenvalue weighted by molar-refractivity contribution is 0.426. The van der Waals surface area contributed by atoms with Crippen LogP contribution < -0.4 is 5.46 Å². The van der Waals surface area contributed by atoms with Gasteiger partial charge in [0.15, 0.2) is 0 Å². The molecule has 18 aromatic rings. The number of fused-ring (bicyclic) bond motifs is 28. The molecule has 4 aliphatic carbocycles. The SMILES string of the molecule is Brc1ccc2c(c1)C1(c3ccccc3-2)c2ccccc2-c2sc3ccccc3c21.OB(O)c1c2ccccc2c(-c2ccccc2)c2ccccc12.c1ccc(-c2c3ccccc3c(-c3ccc4c(c3)C3(c5ccccc5-4)c4ccccc4-c4sc5ccccc5c43)c3ccccc23)cc1. The van der Waals surface area contributed by atoms with E-state index in [1.165, 1.54) is 152 Å². The molecule has 0 bridgehead atoms. The van der Waals surface area contributed by atoms with Gasteiger partial charge in [0.25, 0.3) is 0 Å². The molecule has 2 spiro atoms. The maximum atomic E-state index is 9.94. The Balaban J connectivity index is 0.000000110. The van der Waals surface area contributed by atoms with Gasteiger partial charge in [-0.3, -0.25) is 0 Å². The van der Waals surface area contributed by atoms with E-state index in [0.29, 0.717) is 5.46 Å². The molecule has 0 fully saturated rings. The molecule has 468 valence electrons. The first kappa shape index (κ1) is 59.0. The third kappa shape index (κ3) is 8.37. The highest BCUT2D eigenvalue weighted by Crippen LogP contribution is 2.68. The molecule has 2 unspecified atom stereocenters. The molecule has 0 aliphatic heterocycles.